The maximum Gasteiger partial charge on any atom is 0.230 e. The van der Waals surface area contributed by atoms with Crippen LogP contribution in [0.4, 0.5) is 0 Å². The van der Waals surface area contributed by atoms with Gasteiger partial charge < -0.3 is 10.6 Å². The zero-order valence-electron chi connectivity index (χ0n) is 7.78. The summed E-state index contributed by atoms with van der Waals surface area (Å²) >= 11 is 0. The third-order valence-corrected chi connectivity index (χ3v) is 2.05. The van der Waals surface area contributed by atoms with Gasteiger partial charge in [-0.05, 0) is 19.9 Å². The summed E-state index contributed by atoms with van der Waals surface area (Å²) in [4.78, 5) is 10.5. The monoisotopic (exact) mass is 176 g/mol. The molecule has 2 heterocycles. The van der Waals surface area contributed by atoms with Gasteiger partial charge in [0, 0.05) is 17.1 Å². The number of aliphatic imine (C=N–C) groups is 2. The molecular weight excluding hydrogens is 164 g/mol. The van der Waals surface area contributed by atoms with E-state index < -0.39 is 0 Å². The predicted molar refractivity (Wildman–Crippen MR) is 53.3 cm³/mol. The number of hydrogen-bond acceptors (Lipinski definition) is 4. The quantitative estimate of drug-likeness (QED) is 0.594. The van der Waals surface area contributed by atoms with Crippen molar-refractivity contribution in [1.82, 2.24) is 4.90 Å². The van der Waals surface area contributed by atoms with Crippen molar-refractivity contribution >= 4 is 11.7 Å². The maximum absolute atomic E-state index is 5.68. The molecule has 0 aliphatic carbocycles. The van der Waals surface area contributed by atoms with Gasteiger partial charge in [0.25, 0.3) is 0 Å². The Morgan fingerprint density at radius 1 is 1.46 bits per heavy atom. The molecule has 4 heteroatoms. The first kappa shape index (κ1) is 8.04. The number of fused-ring (bicyclic) bond motifs is 1. The fourth-order valence-corrected chi connectivity index (χ4v) is 1.45. The number of guanidine groups is 1. The molecule has 0 saturated carbocycles. The van der Waals surface area contributed by atoms with Crippen LogP contribution in [0.3, 0.4) is 0 Å². The summed E-state index contributed by atoms with van der Waals surface area (Å²) in [6, 6.07) is 0. The van der Waals surface area contributed by atoms with E-state index >= 15 is 0 Å². The fraction of sp³-hybridized carbons (Fsp3) is 0.333. The van der Waals surface area contributed by atoms with Gasteiger partial charge in [0.1, 0.15) is 0 Å². The smallest absolute Gasteiger partial charge is 0.230 e. The lowest BCUT2D eigenvalue weighted by Gasteiger charge is -2.29. The highest BCUT2D eigenvalue weighted by Crippen LogP contribution is 2.16. The minimum atomic E-state index is 0.692. The minimum absolute atomic E-state index is 0.692. The molecule has 0 saturated heterocycles. The van der Waals surface area contributed by atoms with Crippen LogP contribution in [0.1, 0.15) is 13.8 Å². The topological polar surface area (TPSA) is 54.0 Å². The van der Waals surface area contributed by atoms with Gasteiger partial charge in [-0.1, -0.05) is 0 Å². The molecule has 2 aliphatic heterocycles. The molecule has 2 aliphatic rings. The van der Waals surface area contributed by atoms with Crippen LogP contribution in [0.5, 0.6) is 0 Å². The van der Waals surface area contributed by atoms with Crippen molar-refractivity contribution in [3.05, 3.63) is 23.7 Å². The zero-order chi connectivity index (χ0) is 9.42. The molecule has 2 N–H and O–H groups in total. The molecule has 2 rings (SSSR count). The molecule has 0 bridgehead atoms. The second-order valence-electron chi connectivity index (χ2n) is 3.26. The van der Waals surface area contributed by atoms with Gasteiger partial charge in [-0.3, -0.25) is 0 Å². The zero-order valence-corrected chi connectivity index (χ0v) is 7.78. The lowest BCUT2D eigenvalue weighted by Crippen LogP contribution is -2.36. The van der Waals surface area contributed by atoms with E-state index in [-0.39, 0.29) is 0 Å². The fourth-order valence-electron chi connectivity index (χ4n) is 1.45. The number of rotatable bonds is 0. The van der Waals surface area contributed by atoms with Crippen LogP contribution < -0.4 is 5.73 Å². The predicted octanol–water partition coefficient (Wildman–Crippen LogP) is 0.836. The average molecular weight is 176 g/mol. The normalized spacial score (nSPS) is 21.2. The van der Waals surface area contributed by atoms with E-state index in [0.29, 0.717) is 6.54 Å². The van der Waals surface area contributed by atoms with Crippen molar-refractivity contribution in [2.45, 2.75) is 13.8 Å². The molecule has 0 fully saturated rings. The van der Waals surface area contributed by atoms with E-state index in [4.69, 9.17) is 5.73 Å². The van der Waals surface area contributed by atoms with E-state index in [1.807, 2.05) is 24.8 Å². The third-order valence-electron chi connectivity index (χ3n) is 2.05. The molecule has 0 radical (unpaired) electrons. The van der Waals surface area contributed by atoms with Crippen molar-refractivity contribution in [3.63, 3.8) is 0 Å². The Hall–Kier alpha value is -1.58. The van der Waals surface area contributed by atoms with Crippen LogP contribution in [0.25, 0.3) is 0 Å². The maximum atomic E-state index is 5.68. The SMILES string of the molecule is CC1=CC(C)=NC2=NC=C(N)CN12. The molecule has 0 aromatic rings. The summed E-state index contributed by atoms with van der Waals surface area (Å²) in [5.41, 5.74) is 8.57. The molecule has 4 nitrogen and oxygen atoms in total. The van der Waals surface area contributed by atoms with Crippen LogP contribution >= 0.6 is 0 Å². The first-order chi connectivity index (χ1) is 6.16. The first-order valence-electron chi connectivity index (χ1n) is 4.20. The van der Waals surface area contributed by atoms with E-state index in [0.717, 1.165) is 23.1 Å². The molecule has 0 spiro atoms. The van der Waals surface area contributed by atoms with Crippen LogP contribution in [-0.2, 0) is 0 Å². The average Bonchev–Trinajstić information content (AvgIpc) is 2.06. The van der Waals surface area contributed by atoms with Crippen LogP contribution in [0.15, 0.2) is 33.7 Å². The van der Waals surface area contributed by atoms with Gasteiger partial charge in [-0.2, -0.15) is 0 Å². The second kappa shape index (κ2) is 2.73. The lowest BCUT2D eigenvalue weighted by atomic mass is 10.2. The van der Waals surface area contributed by atoms with Crippen molar-refractivity contribution in [1.29, 1.82) is 0 Å². The molecule has 0 aromatic carbocycles. The lowest BCUT2D eigenvalue weighted by molar-refractivity contribution is 0.534. The molecular formula is C9H12N4. The van der Waals surface area contributed by atoms with Gasteiger partial charge in [0.15, 0.2) is 0 Å². The second-order valence-corrected chi connectivity index (χ2v) is 3.26. The van der Waals surface area contributed by atoms with Crippen molar-refractivity contribution < 1.29 is 0 Å². The van der Waals surface area contributed by atoms with E-state index in [1.54, 1.807) is 6.20 Å². The Labute approximate surface area is 77.2 Å². The number of allylic oxidation sites excluding steroid dienone is 2. The largest absolute Gasteiger partial charge is 0.399 e. The van der Waals surface area contributed by atoms with Crippen LogP contribution in [-0.4, -0.2) is 23.1 Å². The Morgan fingerprint density at radius 3 is 3.00 bits per heavy atom. The summed E-state index contributed by atoms with van der Waals surface area (Å²) in [5.74, 6) is 0.742. The number of nitrogens with two attached hydrogens (primary N) is 1. The molecule has 0 amide bonds. The van der Waals surface area contributed by atoms with Crippen LogP contribution in [0.2, 0.25) is 0 Å². The number of hydrogen-bond donors (Lipinski definition) is 1. The van der Waals surface area contributed by atoms with Gasteiger partial charge in [0.2, 0.25) is 5.96 Å². The summed E-state index contributed by atoms with van der Waals surface area (Å²) in [6.45, 7) is 4.69. The molecule has 13 heavy (non-hydrogen) atoms. The highest BCUT2D eigenvalue weighted by atomic mass is 15.3. The summed E-state index contributed by atoms with van der Waals surface area (Å²) in [5, 5.41) is 0. The van der Waals surface area contributed by atoms with Gasteiger partial charge in [0.05, 0.1) is 12.7 Å². The Morgan fingerprint density at radius 2 is 2.23 bits per heavy atom. The minimum Gasteiger partial charge on any atom is -0.399 e. The molecule has 0 unspecified atom stereocenters. The Balaban J connectivity index is 2.41. The van der Waals surface area contributed by atoms with Gasteiger partial charge in [-0.25, -0.2) is 9.98 Å². The summed E-state index contributed by atoms with van der Waals surface area (Å²) in [7, 11) is 0. The van der Waals surface area contributed by atoms with E-state index in [2.05, 4.69) is 9.98 Å². The van der Waals surface area contributed by atoms with E-state index in [1.165, 1.54) is 0 Å². The van der Waals surface area contributed by atoms with E-state index in [9.17, 15) is 0 Å². The highest BCUT2D eigenvalue weighted by molar-refractivity contribution is 6.05. The molecule has 0 aromatic heterocycles. The van der Waals surface area contributed by atoms with Crippen molar-refractivity contribution in [3.8, 4) is 0 Å². The molecule has 68 valence electrons. The highest BCUT2D eigenvalue weighted by Gasteiger charge is 2.19. The Bertz CT molecular complexity index is 360. The Kier molecular flexibility index (Phi) is 1.69. The third kappa shape index (κ3) is 1.35. The number of nitrogens with zero attached hydrogens (tertiary/aromatic N) is 3. The summed E-state index contributed by atoms with van der Waals surface area (Å²) < 4.78 is 0. The standard InChI is InChI=1S/C9H12N4/c1-6-3-7(2)13-5-8(10)4-11-9(13)12-6/h3-4H,5,10H2,1-2H3. The first-order valence-corrected chi connectivity index (χ1v) is 4.20. The van der Waals surface area contributed by atoms with Gasteiger partial charge in [-0.15, -0.1) is 0 Å². The molecule has 0 atom stereocenters. The van der Waals surface area contributed by atoms with Crippen molar-refractivity contribution in [2.24, 2.45) is 15.7 Å². The van der Waals surface area contributed by atoms with Crippen LogP contribution in [0, 0.1) is 0 Å². The van der Waals surface area contributed by atoms with Crippen molar-refractivity contribution in [2.75, 3.05) is 6.54 Å². The summed E-state index contributed by atoms with van der Waals surface area (Å²) in [6.07, 6.45) is 3.69. The van der Waals surface area contributed by atoms with Gasteiger partial charge >= 0.3 is 0 Å².